The highest BCUT2D eigenvalue weighted by Crippen LogP contribution is 2.20. The molecule has 0 saturated carbocycles. The molecule has 1 unspecified atom stereocenters. The minimum absolute atomic E-state index is 0.141. The summed E-state index contributed by atoms with van der Waals surface area (Å²) in [6, 6.07) is 10.00. The third-order valence-electron chi connectivity index (χ3n) is 2.49. The molecule has 82 valence electrons. The molecule has 3 heteroatoms. The van der Waals surface area contributed by atoms with Gasteiger partial charge in [-0.25, -0.2) is 0 Å². The molecule has 0 radical (unpaired) electrons. The van der Waals surface area contributed by atoms with Gasteiger partial charge in [-0.1, -0.05) is 37.3 Å². The molecule has 1 rings (SSSR count). The molecular formula is C12H18N2O. The van der Waals surface area contributed by atoms with Crippen molar-refractivity contribution in [3.8, 4) is 0 Å². The van der Waals surface area contributed by atoms with Gasteiger partial charge in [0.15, 0.2) is 0 Å². The van der Waals surface area contributed by atoms with Gasteiger partial charge in [-0.3, -0.25) is 4.79 Å². The lowest BCUT2D eigenvalue weighted by molar-refractivity contribution is -0.118. The largest absolute Gasteiger partial charge is 0.370 e. The molecule has 0 aliphatic carbocycles. The van der Waals surface area contributed by atoms with Gasteiger partial charge in [0.1, 0.15) is 0 Å². The van der Waals surface area contributed by atoms with E-state index in [4.69, 9.17) is 11.5 Å². The van der Waals surface area contributed by atoms with Crippen LogP contribution in [0.1, 0.15) is 31.2 Å². The smallest absolute Gasteiger partial charge is 0.218 e. The van der Waals surface area contributed by atoms with E-state index in [1.165, 1.54) is 5.56 Å². The monoisotopic (exact) mass is 206 g/mol. The Morgan fingerprint density at radius 2 is 1.93 bits per heavy atom. The molecule has 3 nitrogen and oxygen atoms in total. The van der Waals surface area contributed by atoms with Crippen molar-refractivity contribution >= 4 is 5.91 Å². The molecule has 0 spiro atoms. The molecule has 0 aromatic heterocycles. The first-order chi connectivity index (χ1) is 7.09. The minimum Gasteiger partial charge on any atom is -0.370 e. The maximum Gasteiger partial charge on any atom is 0.218 e. The first-order valence-electron chi connectivity index (χ1n) is 5.18. The van der Waals surface area contributed by atoms with E-state index in [0.29, 0.717) is 5.92 Å². The van der Waals surface area contributed by atoms with Crippen molar-refractivity contribution in [3.05, 3.63) is 35.9 Å². The maximum atomic E-state index is 10.7. The van der Waals surface area contributed by atoms with Crippen LogP contribution in [0, 0.1) is 0 Å². The van der Waals surface area contributed by atoms with E-state index in [2.05, 4.69) is 19.1 Å². The van der Waals surface area contributed by atoms with Crippen LogP contribution in [-0.4, -0.2) is 11.9 Å². The Kier molecular flexibility index (Phi) is 4.31. The predicted octanol–water partition coefficient (Wildman–Crippen LogP) is 1.38. The van der Waals surface area contributed by atoms with Crippen molar-refractivity contribution in [1.29, 1.82) is 0 Å². The quantitative estimate of drug-likeness (QED) is 0.764. The molecule has 0 heterocycles. The Bertz CT molecular complexity index is 311. The molecule has 0 fully saturated rings. The molecule has 1 aromatic carbocycles. The summed E-state index contributed by atoms with van der Waals surface area (Å²) in [5, 5.41) is 0. The van der Waals surface area contributed by atoms with Crippen LogP contribution >= 0.6 is 0 Å². The Labute approximate surface area is 90.5 Å². The fourth-order valence-electron chi connectivity index (χ4n) is 1.71. The van der Waals surface area contributed by atoms with Gasteiger partial charge in [0.05, 0.1) is 0 Å². The fraction of sp³-hybridized carbons (Fsp3) is 0.417. The highest BCUT2D eigenvalue weighted by Gasteiger charge is 2.12. The van der Waals surface area contributed by atoms with Gasteiger partial charge < -0.3 is 11.5 Å². The van der Waals surface area contributed by atoms with Crippen LogP contribution < -0.4 is 11.5 Å². The van der Waals surface area contributed by atoms with Gasteiger partial charge in [0.25, 0.3) is 0 Å². The number of hydrogen-bond acceptors (Lipinski definition) is 2. The fourth-order valence-corrected chi connectivity index (χ4v) is 1.71. The highest BCUT2D eigenvalue weighted by molar-refractivity contribution is 5.74. The van der Waals surface area contributed by atoms with Crippen LogP contribution in [-0.2, 0) is 4.79 Å². The summed E-state index contributed by atoms with van der Waals surface area (Å²) in [7, 11) is 0. The summed E-state index contributed by atoms with van der Waals surface area (Å²) in [6.07, 6.45) is 1.05. The highest BCUT2D eigenvalue weighted by atomic mass is 16.1. The molecule has 0 aliphatic rings. The zero-order chi connectivity index (χ0) is 11.3. The summed E-state index contributed by atoms with van der Waals surface area (Å²) in [4.78, 5) is 10.7. The minimum atomic E-state index is -0.331. The van der Waals surface area contributed by atoms with E-state index in [1.807, 2.05) is 18.2 Å². The second-order valence-corrected chi connectivity index (χ2v) is 3.98. The molecule has 0 bridgehead atoms. The van der Waals surface area contributed by atoms with Crippen LogP contribution in [0.3, 0.4) is 0 Å². The topological polar surface area (TPSA) is 69.1 Å². The van der Waals surface area contributed by atoms with Crippen LogP contribution in [0.25, 0.3) is 0 Å². The number of primary amides is 1. The second kappa shape index (κ2) is 5.51. The number of rotatable bonds is 5. The first kappa shape index (κ1) is 11.7. The predicted molar refractivity (Wildman–Crippen MR) is 61.3 cm³/mol. The molecule has 1 aromatic rings. The number of carbonyl (C=O) groups excluding carboxylic acids is 1. The maximum absolute atomic E-state index is 10.7. The molecule has 0 saturated heterocycles. The molecule has 15 heavy (non-hydrogen) atoms. The van der Waals surface area contributed by atoms with E-state index in [9.17, 15) is 4.79 Å². The van der Waals surface area contributed by atoms with Gasteiger partial charge in [-0.15, -0.1) is 0 Å². The summed E-state index contributed by atoms with van der Waals surface area (Å²) in [5.74, 6) is 0.0308. The lowest BCUT2D eigenvalue weighted by Gasteiger charge is -2.16. The van der Waals surface area contributed by atoms with Gasteiger partial charge in [-0.2, -0.15) is 0 Å². The molecular weight excluding hydrogens is 188 g/mol. The average Bonchev–Trinajstić information content (AvgIpc) is 2.17. The molecule has 2 atom stereocenters. The SMILES string of the molecule is C[C@@H](CC(N)CC(N)=O)c1ccccc1. The standard InChI is InChI=1S/C12H18N2O/c1-9(7-11(13)8-12(14)15)10-5-3-2-4-6-10/h2-6,9,11H,7-8,13H2,1H3,(H2,14,15)/t9-,11?/m0/s1. The zero-order valence-electron chi connectivity index (χ0n) is 9.02. The Balaban J connectivity index is 2.49. The van der Waals surface area contributed by atoms with Crippen molar-refractivity contribution in [2.24, 2.45) is 11.5 Å². The third-order valence-corrected chi connectivity index (χ3v) is 2.49. The number of nitrogens with two attached hydrogens (primary N) is 2. The number of benzene rings is 1. The summed E-state index contributed by atoms with van der Waals surface area (Å²) < 4.78 is 0. The van der Waals surface area contributed by atoms with Crippen molar-refractivity contribution < 1.29 is 4.79 Å². The van der Waals surface area contributed by atoms with Crippen molar-refractivity contribution in [1.82, 2.24) is 0 Å². The van der Waals surface area contributed by atoms with Crippen LogP contribution in [0.4, 0.5) is 0 Å². The van der Waals surface area contributed by atoms with Crippen LogP contribution in [0.15, 0.2) is 30.3 Å². The molecule has 0 aliphatic heterocycles. The second-order valence-electron chi connectivity index (χ2n) is 3.98. The van der Waals surface area contributed by atoms with E-state index >= 15 is 0 Å². The Morgan fingerprint density at radius 3 is 2.47 bits per heavy atom. The van der Waals surface area contributed by atoms with Gasteiger partial charge in [-0.05, 0) is 17.9 Å². The van der Waals surface area contributed by atoms with Gasteiger partial charge in [0.2, 0.25) is 5.91 Å². The van der Waals surface area contributed by atoms with E-state index in [1.54, 1.807) is 0 Å². The number of hydrogen-bond donors (Lipinski definition) is 2. The summed E-state index contributed by atoms with van der Waals surface area (Å²) in [6.45, 7) is 2.11. The first-order valence-corrected chi connectivity index (χ1v) is 5.18. The molecule has 1 amide bonds. The normalized spacial score (nSPS) is 14.5. The third kappa shape index (κ3) is 4.13. The number of carbonyl (C=O) groups is 1. The van der Waals surface area contributed by atoms with Crippen LogP contribution in [0.2, 0.25) is 0 Å². The Morgan fingerprint density at radius 1 is 1.33 bits per heavy atom. The van der Waals surface area contributed by atoms with Crippen molar-refractivity contribution in [2.45, 2.75) is 31.7 Å². The van der Waals surface area contributed by atoms with Gasteiger partial charge in [0, 0.05) is 12.5 Å². The van der Waals surface area contributed by atoms with Crippen molar-refractivity contribution in [2.75, 3.05) is 0 Å². The number of amides is 1. The average molecular weight is 206 g/mol. The molecule has 4 N–H and O–H groups in total. The summed E-state index contributed by atoms with van der Waals surface area (Å²) >= 11 is 0. The van der Waals surface area contributed by atoms with Crippen molar-refractivity contribution in [3.63, 3.8) is 0 Å². The lowest BCUT2D eigenvalue weighted by Crippen LogP contribution is -2.28. The zero-order valence-corrected chi connectivity index (χ0v) is 9.02. The van der Waals surface area contributed by atoms with E-state index < -0.39 is 0 Å². The van der Waals surface area contributed by atoms with E-state index in [-0.39, 0.29) is 18.4 Å². The lowest BCUT2D eigenvalue weighted by atomic mass is 9.93. The van der Waals surface area contributed by atoms with Crippen LogP contribution in [0.5, 0.6) is 0 Å². The Hall–Kier alpha value is -1.35. The summed E-state index contributed by atoms with van der Waals surface area (Å²) in [5.41, 5.74) is 12.1. The van der Waals surface area contributed by atoms with E-state index in [0.717, 1.165) is 6.42 Å². The van der Waals surface area contributed by atoms with Gasteiger partial charge >= 0.3 is 0 Å².